The van der Waals surface area contributed by atoms with Crippen LogP contribution in [0.25, 0.3) is 0 Å². The molecule has 3 aromatic carbocycles. The molecule has 1 aliphatic rings. The lowest BCUT2D eigenvalue weighted by molar-refractivity contribution is -0.122. The Balaban J connectivity index is 1.67. The van der Waals surface area contributed by atoms with E-state index in [9.17, 15) is 13.2 Å². The van der Waals surface area contributed by atoms with Crippen LogP contribution in [0.1, 0.15) is 5.56 Å². The minimum atomic E-state index is -3.93. The number of methoxy groups -OCH3 is 1. The number of hydrogen-bond donors (Lipinski definition) is 1. The van der Waals surface area contributed by atoms with Gasteiger partial charge in [-0.1, -0.05) is 30.3 Å². The molecule has 1 aliphatic heterocycles. The van der Waals surface area contributed by atoms with E-state index in [-0.39, 0.29) is 11.4 Å². The van der Waals surface area contributed by atoms with Crippen LogP contribution in [-0.4, -0.2) is 34.1 Å². The number of rotatable bonds is 5. The van der Waals surface area contributed by atoms with Crippen LogP contribution in [0.15, 0.2) is 77.7 Å². The molecule has 8 heteroatoms. The molecule has 0 bridgehead atoms. The SMILES string of the molecule is COc1ccc(S(=O)(=O)N2C[C@H](C(=O)Nc3ccccc3C)Oc3ccccc32)cc1. The molecule has 4 rings (SSSR count). The monoisotopic (exact) mass is 438 g/mol. The van der Waals surface area contributed by atoms with E-state index < -0.39 is 22.0 Å². The van der Waals surface area contributed by atoms with E-state index in [1.54, 1.807) is 42.5 Å². The summed E-state index contributed by atoms with van der Waals surface area (Å²) in [6.07, 6.45) is -1.01. The summed E-state index contributed by atoms with van der Waals surface area (Å²) in [5.41, 5.74) is 1.94. The van der Waals surface area contributed by atoms with E-state index in [0.717, 1.165) is 5.56 Å². The predicted molar refractivity (Wildman–Crippen MR) is 118 cm³/mol. The van der Waals surface area contributed by atoms with E-state index in [1.165, 1.54) is 23.5 Å². The van der Waals surface area contributed by atoms with Gasteiger partial charge in [-0.3, -0.25) is 9.10 Å². The highest BCUT2D eigenvalue weighted by atomic mass is 32.2. The first kappa shape index (κ1) is 20.7. The first-order valence-corrected chi connectivity index (χ1v) is 11.1. The Morgan fingerprint density at radius 1 is 1.03 bits per heavy atom. The highest BCUT2D eigenvalue weighted by Gasteiger charge is 2.37. The number of para-hydroxylation sites is 3. The van der Waals surface area contributed by atoms with Crippen molar-refractivity contribution in [3.05, 3.63) is 78.4 Å². The number of nitrogens with one attached hydrogen (secondary N) is 1. The molecule has 1 N–H and O–H groups in total. The number of ether oxygens (including phenoxy) is 2. The summed E-state index contributed by atoms with van der Waals surface area (Å²) in [5.74, 6) is 0.464. The maximum atomic E-state index is 13.4. The Bertz CT molecular complexity index is 1210. The molecule has 0 saturated carbocycles. The second-order valence-corrected chi connectivity index (χ2v) is 8.95. The summed E-state index contributed by atoms with van der Waals surface area (Å²) >= 11 is 0. The first-order valence-electron chi connectivity index (χ1n) is 9.69. The van der Waals surface area contributed by atoms with Gasteiger partial charge in [0, 0.05) is 5.69 Å². The third-order valence-corrected chi connectivity index (χ3v) is 6.87. The number of fused-ring (bicyclic) bond motifs is 1. The fourth-order valence-electron chi connectivity index (χ4n) is 3.37. The first-order chi connectivity index (χ1) is 14.9. The molecule has 1 amide bonds. The normalized spacial score (nSPS) is 15.5. The van der Waals surface area contributed by atoms with Crippen molar-refractivity contribution in [2.75, 3.05) is 23.3 Å². The third kappa shape index (κ3) is 4.06. The topological polar surface area (TPSA) is 84.9 Å². The average molecular weight is 439 g/mol. The van der Waals surface area contributed by atoms with Crippen molar-refractivity contribution in [2.24, 2.45) is 0 Å². The van der Waals surface area contributed by atoms with Gasteiger partial charge >= 0.3 is 0 Å². The highest BCUT2D eigenvalue weighted by Crippen LogP contribution is 2.37. The van der Waals surface area contributed by atoms with Crippen molar-refractivity contribution < 1.29 is 22.7 Å². The van der Waals surface area contributed by atoms with Crippen molar-refractivity contribution in [3.8, 4) is 11.5 Å². The smallest absolute Gasteiger partial charge is 0.267 e. The Labute approximate surface area is 181 Å². The van der Waals surface area contributed by atoms with Gasteiger partial charge in [0.15, 0.2) is 6.10 Å². The van der Waals surface area contributed by atoms with Crippen LogP contribution in [0.5, 0.6) is 11.5 Å². The van der Waals surface area contributed by atoms with Gasteiger partial charge in [-0.15, -0.1) is 0 Å². The van der Waals surface area contributed by atoms with E-state index >= 15 is 0 Å². The van der Waals surface area contributed by atoms with Crippen LogP contribution < -0.4 is 19.1 Å². The zero-order chi connectivity index (χ0) is 22.0. The lowest BCUT2D eigenvalue weighted by Crippen LogP contribution is -2.48. The largest absolute Gasteiger partial charge is 0.497 e. The molecule has 1 heterocycles. The maximum Gasteiger partial charge on any atom is 0.267 e. The zero-order valence-corrected chi connectivity index (χ0v) is 17.9. The summed E-state index contributed by atoms with van der Waals surface area (Å²) < 4.78 is 39.1. The number of hydrogen-bond acceptors (Lipinski definition) is 5. The summed E-state index contributed by atoms with van der Waals surface area (Å²) in [6, 6.07) is 20.3. The van der Waals surface area contributed by atoms with Crippen molar-refractivity contribution in [3.63, 3.8) is 0 Å². The van der Waals surface area contributed by atoms with Gasteiger partial charge in [0.05, 0.1) is 24.2 Å². The average Bonchev–Trinajstić information content (AvgIpc) is 2.79. The number of amides is 1. The van der Waals surface area contributed by atoms with Crippen molar-refractivity contribution in [1.29, 1.82) is 0 Å². The maximum absolute atomic E-state index is 13.4. The number of benzene rings is 3. The van der Waals surface area contributed by atoms with Crippen LogP contribution in [0.2, 0.25) is 0 Å². The van der Waals surface area contributed by atoms with Gasteiger partial charge in [0.1, 0.15) is 11.5 Å². The van der Waals surface area contributed by atoms with Crippen molar-refractivity contribution in [1.82, 2.24) is 0 Å². The van der Waals surface area contributed by atoms with E-state index in [4.69, 9.17) is 9.47 Å². The van der Waals surface area contributed by atoms with Crippen LogP contribution in [0.4, 0.5) is 11.4 Å². The van der Waals surface area contributed by atoms with Gasteiger partial charge in [0.2, 0.25) is 0 Å². The number of nitrogens with zero attached hydrogens (tertiary/aromatic N) is 1. The minimum Gasteiger partial charge on any atom is -0.497 e. The molecular weight excluding hydrogens is 416 g/mol. The van der Waals surface area contributed by atoms with Crippen molar-refractivity contribution in [2.45, 2.75) is 17.9 Å². The molecule has 0 fully saturated rings. The molecule has 0 saturated heterocycles. The fraction of sp³-hybridized carbons (Fsp3) is 0.174. The number of sulfonamides is 1. The van der Waals surface area contributed by atoms with Crippen LogP contribution in [-0.2, 0) is 14.8 Å². The lowest BCUT2D eigenvalue weighted by atomic mass is 10.2. The third-order valence-electron chi connectivity index (χ3n) is 5.08. The van der Waals surface area contributed by atoms with Gasteiger partial charge in [0.25, 0.3) is 15.9 Å². The van der Waals surface area contributed by atoms with Gasteiger partial charge < -0.3 is 14.8 Å². The molecule has 0 aliphatic carbocycles. The van der Waals surface area contributed by atoms with Gasteiger partial charge in [-0.05, 0) is 55.0 Å². The quantitative estimate of drug-likeness (QED) is 0.658. The number of carbonyl (C=O) groups excluding carboxylic acids is 1. The highest BCUT2D eigenvalue weighted by molar-refractivity contribution is 7.92. The molecular formula is C23H22N2O5S. The van der Waals surface area contributed by atoms with Crippen LogP contribution in [0, 0.1) is 6.92 Å². The number of anilines is 2. The molecule has 31 heavy (non-hydrogen) atoms. The standard InChI is InChI=1S/C23H22N2O5S/c1-16-7-3-4-8-19(16)24-23(26)22-15-25(20-9-5-6-10-21(20)30-22)31(27,28)18-13-11-17(29-2)12-14-18/h3-14,22H,15H2,1-2H3,(H,24,26)/t22-/m1/s1. The lowest BCUT2D eigenvalue weighted by Gasteiger charge is -2.34. The number of aryl methyl sites for hydroxylation is 1. The molecule has 0 aromatic heterocycles. The van der Waals surface area contributed by atoms with E-state index in [2.05, 4.69) is 5.32 Å². The predicted octanol–water partition coefficient (Wildman–Crippen LogP) is 3.60. The van der Waals surface area contributed by atoms with Crippen molar-refractivity contribution >= 4 is 27.3 Å². The zero-order valence-electron chi connectivity index (χ0n) is 17.1. The summed E-state index contributed by atoms with van der Waals surface area (Å²) in [6.45, 7) is 1.73. The van der Waals surface area contributed by atoms with E-state index in [0.29, 0.717) is 22.9 Å². The molecule has 160 valence electrons. The van der Waals surface area contributed by atoms with Gasteiger partial charge in [-0.25, -0.2) is 8.42 Å². The Morgan fingerprint density at radius 2 is 1.71 bits per heavy atom. The molecule has 0 spiro atoms. The molecule has 3 aromatic rings. The summed E-state index contributed by atoms with van der Waals surface area (Å²) in [4.78, 5) is 13.0. The summed E-state index contributed by atoms with van der Waals surface area (Å²) in [7, 11) is -2.42. The molecule has 1 atom stereocenters. The Hall–Kier alpha value is -3.52. The minimum absolute atomic E-state index is 0.100. The number of carbonyl (C=O) groups is 1. The Kier molecular flexibility index (Phi) is 5.56. The second-order valence-electron chi connectivity index (χ2n) is 7.09. The van der Waals surface area contributed by atoms with E-state index in [1.807, 2.05) is 25.1 Å². The molecule has 0 unspecified atom stereocenters. The molecule has 0 radical (unpaired) electrons. The summed E-state index contributed by atoms with van der Waals surface area (Å²) in [5, 5.41) is 2.84. The Morgan fingerprint density at radius 3 is 2.42 bits per heavy atom. The second kappa shape index (κ2) is 8.31. The van der Waals surface area contributed by atoms with Crippen LogP contribution >= 0.6 is 0 Å². The van der Waals surface area contributed by atoms with Gasteiger partial charge in [-0.2, -0.15) is 0 Å². The molecule has 7 nitrogen and oxygen atoms in total. The fourth-order valence-corrected chi connectivity index (χ4v) is 4.84. The van der Waals surface area contributed by atoms with Crippen LogP contribution in [0.3, 0.4) is 0 Å².